The molecule has 0 bridgehead atoms. The van der Waals surface area contributed by atoms with Gasteiger partial charge in [-0.3, -0.25) is 14.5 Å². The normalized spacial score (nSPS) is 16.8. The van der Waals surface area contributed by atoms with Crippen molar-refractivity contribution in [3.8, 4) is 0 Å². The number of benzene rings is 2. The minimum absolute atomic E-state index is 0.0461. The van der Waals surface area contributed by atoms with Gasteiger partial charge in [0.25, 0.3) is 5.91 Å². The van der Waals surface area contributed by atoms with Crippen LogP contribution in [0.4, 0.5) is 11.4 Å². The Labute approximate surface area is 160 Å². The molecule has 4 heteroatoms. The minimum Gasteiger partial charge on any atom is -0.455 e. The number of anilines is 2. The molecule has 0 unspecified atom stereocenters. The summed E-state index contributed by atoms with van der Waals surface area (Å²) in [5.74, 6) is -0.462. The van der Waals surface area contributed by atoms with Gasteiger partial charge >= 0.3 is 5.97 Å². The summed E-state index contributed by atoms with van der Waals surface area (Å²) in [6.45, 7) is -0.210. The summed E-state index contributed by atoms with van der Waals surface area (Å²) in [5.41, 5.74) is 4.06. The van der Waals surface area contributed by atoms with E-state index in [-0.39, 0.29) is 24.4 Å². The van der Waals surface area contributed by atoms with Crippen LogP contribution < -0.4 is 4.90 Å². The van der Waals surface area contributed by atoms with Crippen molar-refractivity contribution in [1.29, 1.82) is 0 Å². The van der Waals surface area contributed by atoms with Gasteiger partial charge in [0.05, 0.1) is 17.3 Å². The van der Waals surface area contributed by atoms with Crippen molar-refractivity contribution in [2.24, 2.45) is 5.92 Å². The molecule has 0 saturated heterocycles. The standard InChI is InChI=1S/C23H25NO3/c25-22(16-27-23(26)19-10-2-1-3-11-19)24-20-12-6-4-8-17(20)14-15-18-9-5-7-13-21(18)24/h4-9,12-13,19H,1-3,10-11,14-16H2. The van der Waals surface area contributed by atoms with E-state index >= 15 is 0 Å². The molecule has 0 radical (unpaired) electrons. The summed E-state index contributed by atoms with van der Waals surface area (Å²) in [6, 6.07) is 16.0. The number of ether oxygens (including phenoxy) is 1. The van der Waals surface area contributed by atoms with E-state index in [0.717, 1.165) is 61.0 Å². The first kappa shape index (κ1) is 17.8. The van der Waals surface area contributed by atoms with Gasteiger partial charge in [0.15, 0.2) is 6.61 Å². The van der Waals surface area contributed by atoms with Crippen molar-refractivity contribution >= 4 is 23.3 Å². The van der Waals surface area contributed by atoms with Crippen LogP contribution >= 0.6 is 0 Å². The van der Waals surface area contributed by atoms with Crippen LogP contribution in [-0.4, -0.2) is 18.5 Å². The van der Waals surface area contributed by atoms with Gasteiger partial charge in [-0.15, -0.1) is 0 Å². The Morgan fingerprint density at radius 1 is 0.852 bits per heavy atom. The number of para-hydroxylation sites is 2. The molecule has 2 aromatic rings. The quantitative estimate of drug-likeness (QED) is 0.750. The zero-order chi connectivity index (χ0) is 18.6. The molecule has 0 atom stereocenters. The molecule has 2 aliphatic rings. The molecule has 4 rings (SSSR count). The Morgan fingerprint density at radius 2 is 1.41 bits per heavy atom. The van der Waals surface area contributed by atoms with Crippen molar-refractivity contribution in [2.45, 2.75) is 44.9 Å². The van der Waals surface area contributed by atoms with Crippen LogP contribution in [0.25, 0.3) is 0 Å². The molecule has 1 aliphatic carbocycles. The largest absolute Gasteiger partial charge is 0.455 e. The number of nitrogens with zero attached hydrogens (tertiary/aromatic N) is 1. The second-order valence-corrected chi connectivity index (χ2v) is 7.43. The van der Waals surface area contributed by atoms with E-state index in [9.17, 15) is 9.59 Å². The first-order chi connectivity index (χ1) is 13.2. The highest BCUT2D eigenvalue weighted by atomic mass is 16.5. The van der Waals surface area contributed by atoms with E-state index in [1.807, 2.05) is 36.4 Å². The number of rotatable bonds is 3. The maximum absolute atomic E-state index is 13.1. The van der Waals surface area contributed by atoms with E-state index in [4.69, 9.17) is 4.74 Å². The Balaban J connectivity index is 1.56. The van der Waals surface area contributed by atoms with Crippen LogP contribution in [0.3, 0.4) is 0 Å². The van der Waals surface area contributed by atoms with Crippen LogP contribution in [0.2, 0.25) is 0 Å². The molecule has 140 valence electrons. The number of esters is 1. The van der Waals surface area contributed by atoms with Crippen molar-refractivity contribution in [3.63, 3.8) is 0 Å². The van der Waals surface area contributed by atoms with Crippen LogP contribution in [0.1, 0.15) is 43.2 Å². The van der Waals surface area contributed by atoms with E-state index in [1.165, 1.54) is 6.42 Å². The number of hydrogen-bond acceptors (Lipinski definition) is 3. The van der Waals surface area contributed by atoms with Crippen molar-refractivity contribution in [1.82, 2.24) is 0 Å². The summed E-state index contributed by atoms with van der Waals surface area (Å²) < 4.78 is 5.44. The van der Waals surface area contributed by atoms with Gasteiger partial charge in [-0.2, -0.15) is 0 Å². The van der Waals surface area contributed by atoms with E-state index in [2.05, 4.69) is 12.1 Å². The van der Waals surface area contributed by atoms with Gasteiger partial charge in [0.2, 0.25) is 0 Å². The molecule has 1 heterocycles. The van der Waals surface area contributed by atoms with Crippen LogP contribution in [0, 0.1) is 5.92 Å². The lowest BCUT2D eigenvalue weighted by molar-refractivity contribution is -0.152. The highest BCUT2D eigenvalue weighted by molar-refractivity contribution is 6.03. The molecule has 1 fully saturated rings. The fourth-order valence-corrected chi connectivity index (χ4v) is 4.20. The molecular formula is C23H25NO3. The van der Waals surface area contributed by atoms with Gasteiger partial charge in [-0.1, -0.05) is 55.7 Å². The highest BCUT2D eigenvalue weighted by Gasteiger charge is 2.28. The smallest absolute Gasteiger partial charge is 0.309 e. The molecule has 0 aromatic heterocycles. The SMILES string of the molecule is O=C(OCC(=O)N1c2ccccc2CCc2ccccc21)C1CCCCC1. The lowest BCUT2D eigenvalue weighted by atomic mass is 9.89. The molecular weight excluding hydrogens is 338 g/mol. The van der Waals surface area contributed by atoms with Gasteiger partial charge in [-0.25, -0.2) is 0 Å². The third-order valence-electron chi connectivity index (χ3n) is 5.65. The average molecular weight is 363 g/mol. The highest BCUT2D eigenvalue weighted by Crippen LogP contribution is 2.36. The van der Waals surface area contributed by atoms with Crippen LogP contribution in [0.15, 0.2) is 48.5 Å². The molecule has 1 amide bonds. The third-order valence-corrected chi connectivity index (χ3v) is 5.65. The zero-order valence-electron chi connectivity index (χ0n) is 15.5. The summed E-state index contributed by atoms with van der Waals surface area (Å²) >= 11 is 0. The van der Waals surface area contributed by atoms with E-state index in [0.29, 0.717) is 0 Å². The summed E-state index contributed by atoms with van der Waals surface area (Å²) in [5, 5.41) is 0. The molecule has 27 heavy (non-hydrogen) atoms. The molecule has 1 aliphatic heterocycles. The Kier molecular flexibility index (Phi) is 5.23. The number of amides is 1. The molecule has 0 N–H and O–H groups in total. The maximum atomic E-state index is 13.1. The first-order valence-electron chi connectivity index (χ1n) is 9.89. The van der Waals surface area contributed by atoms with Gasteiger partial charge in [-0.05, 0) is 48.9 Å². The second-order valence-electron chi connectivity index (χ2n) is 7.43. The van der Waals surface area contributed by atoms with E-state index < -0.39 is 0 Å². The van der Waals surface area contributed by atoms with Crippen molar-refractivity contribution in [3.05, 3.63) is 59.7 Å². The van der Waals surface area contributed by atoms with Crippen molar-refractivity contribution < 1.29 is 14.3 Å². The third kappa shape index (κ3) is 3.75. The van der Waals surface area contributed by atoms with Gasteiger partial charge in [0, 0.05) is 0 Å². The number of hydrogen-bond donors (Lipinski definition) is 0. The molecule has 0 spiro atoms. The number of carbonyl (C=O) groups is 2. The summed E-state index contributed by atoms with van der Waals surface area (Å²) in [4.78, 5) is 27.2. The van der Waals surface area contributed by atoms with Crippen LogP contribution in [0.5, 0.6) is 0 Å². The summed E-state index contributed by atoms with van der Waals surface area (Å²) in [7, 11) is 0. The Bertz CT molecular complexity index is 792. The number of aryl methyl sites for hydroxylation is 2. The lowest BCUT2D eigenvalue weighted by Crippen LogP contribution is -2.33. The average Bonchev–Trinajstić information content (AvgIpc) is 2.89. The predicted octanol–water partition coefficient (Wildman–Crippen LogP) is 4.57. The lowest BCUT2D eigenvalue weighted by Gasteiger charge is -2.25. The molecule has 1 saturated carbocycles. The van der Waals surface area contributed by atoms with Crippen molar-refractivity contribution in [2.75, 3.05) is 11.5 Å². The first-order valence-corrected chi connectivity index (χ1v) is 9.89. The fourth-order valence-electron chi connectivity index (χ4n) is 4.20. The number of carbonyl (C=O) groups excluding carboxylic acids is 2. The Morgan fingerprint density at radius 3 is 2.00 bits per heavy atom. The van der Waals surface area contributed by atoms with E-state index in [1.54, 1.807) is 4.90 Å². The summed E-state index contributed by atoms with van der Waals surface area (Å²) in [6.07, 6.45) is 6.85. The van der Waals surface area contributed by atoms with Gasteiger partial charge < -0.3 is 4.74 Å². The van der Waals surface area contributed by atoms with Crippen LogP contribution in [-0.2, 0) is 27.2 Å². The zero-order valence-corrected chi connectivity index (χ0v) is 15.5. The maximum Gasteiger partial charge on any atom is 0.309 e. The second kappa shape index (κ2) is 7.95. The number of fused-ring (bicyclic) bond motifs is 2. The predicted molar refractivity (Wildman–Crippen MR) is 105 cm³/mol. The monoisotopic (exact) mass is 363 g/mol. The minimum atomic E-state index is -0.223. The topological polar surface area (TPSA) is 46.6 Å². The van der Waals surface area contributed by atoms with Gasteiger partial charge in [0.1, 0.15) is 0 Å². The fraction of sp³-hybridized carbons (Fsp3) is 0.391. The molecule has 4 nitrogen and oxygen atoms in total. The molecule has 2 aromatic carbocycles. The Hall–Kier alpha value is -2.62.